The number of nitrogens with one attached hydrogen (secondary N) is 1. The highest BCUT2D eigenvalue weighted by molar-refractivity contribution is 7.10. The normalized spacial score (nSPS) is 14.4. The van der Waals surface area contributed by atoms with Crippen molar-refractivity contribution in [2.24, 2.45) is 5.73 Å². The van der Waals surface area contributed by atoms with Gasteiger partial charge in [0.15, 0.2) is 0 Å². The van der Waals surface area contributed by atoms with Crippen molar-refractivity contribution < 1.29 is 4.79 Å². The van der Waals surface area contributed by atoms with Crippen molar-refractivity contribution >= 4 is 17.2 Å². The van der Waals surface area contributed by atoms with Crippen LogP contribution in [0.5, 0.6) is 0 Å². The molecule has 0 aliphatic carbocycles. The van der Waals surface area contributed by atoms with Crippen LogP contribution >= 0.6 is 11.3 Å². The molecule has 108 valence electrons. The molecule has 0 saturated heterocycles. The third kappa shape index (κ3) is 6.18. The van der Waals surface area contributed by atoms with Crippen molar-refractivity contribution in [3.63, 3.8) is 0 Å². The second kappa shape index (κ2) is 8.30. The van der Waals surface area contributed by atoms with E-state index in [0.29, 0.717) is 13.0 Å². The van der Waals surface area contributed by atoms with Crippen molar-refractivity contribution in [1.29, 1.82) is 0 Å². The van der Waals surface area contributed by atoms with Gasteiger partial charge in [-0.1, -0.05) is 6.07 Å². The molecule has 19 heavy (non-hydrogen) atoms. The Kier molecular flexibility index (Phi) is 7.05. The van der Waals surface area contributed by atoms with Crippen molar-refractivity contribution in [1.82, 2.24) is 10.2 Å². The predicted molar refractivity (Wildman–Crippen MR) is 81.3 cm³/mol. The van der Waals surface area contributed by atoms with E-state index in [2.05, 4.69) is 21.7 Å². The summed E-state index contributed by atoms with van der Waals surface area (Å²) in [5.74, 6) is 0.115. The van der Waals surface area contributed by atoms with Crippen LogP contribution in [0, 0.1) is 0 Å². The molecule has 0 radical (unpaired) electrons. The lowest BCUT2D eigenvalue weighted by Crippen LogP contribution is -2.34. The van der Waals surface area contributed by atoms with E-state index in [1.165, 1.54) is 4.88 Å². The molecular formula is C14H25N3OS. The summed E-state index contributed by atoms with van der Waals surface area (Å²) >= 11 is 1.72. The van der Waals surface area contributed by atoms with Gasteiger partial charge in [0.25, 0.3) is 0 Å². The topological polar surface area (TPSA) is 58.4 Å². The largest absolute Gasteiger partial charge is 0.354 e. The zero-order valence-electron chi connectivity index (χ0n) is 12.1. The number of likely N-dealkylation sites (N-methyl/N-ethyl adjacent to an activating group) is 1. The summed E-state index contributed by atoms with van der Waals surface area (Å²) in [6.07, 6.45) is 2.32. The standard InChI is InChI=1S/C14H25N3OS/c1-11(15)6-4-8-14(18)16-10-12(17(2)3)13-7-5-9-19-13/h5,7,9,11-12H,4,6,8,10,15H2,1-3H3,(H,16,18). The van der Waals surface area contributed by atoms with Gasteiger partial charge in [0, 0.05) is 23.9 Å². The molecule has 0 fully saturated rings. The Bertz CT molecular complexity index is 363. The lowest BCUT2D eigenvalue weighted by atomic mass is 10.1. The number of carbonyl (C=O) groups excluding carboxylic acids is 1. The molecule has 0 aromatic carbocycles. The van der Waals surface area contributed by atoms with Crippen LogP contribution in [0.25, 0.3) is 0 Å². The fraction of sp³-hybridized carbons (Fsp3) is 0.643. The molecule has 1 rings (SSSR count). The van der Waals surface area contributed by atoms with E-state index < -0.39 is 0 Å². The Morgan fingerprint density at radius 2 is 2.26 bits per heavy atom. The molecule has 1 aromatic heterocycles. The maximum Gasteiger partial charge on any atom is 0.220 e. The first-order chi connectivity index (χ1) is 9.00. The van der Waals surface area contributed by atoms with Gasteiger partial charge in [0.2, 0.25) is 5.91 Å². The second-order valence-corrected chi connectivity index (χ2v) is 6.15. The molecule has 2 atom stereocenters. The highest BCUT2D eigenvalue weighted by Crippen LogP contribution is 2.22. The van der Waals surface area contributed by atoms with Crippen LogP contribution < -0.4 is 11.1 Å². The summed E-state index contributed by atoms with van der Waals surface area (Å²) in [5, 5.41) is 5.08. The molecule has 5 heteroatoms. The van der Waals surface area contributed by atoms with Crippen LogP contribution in [0.15, 0.2) is 17.5 Å². The first kappa shape index (κ1) is 16.1. The molecule has 0 aliphatic heterocycles. The van der Waals surface area contributed by atoms with Crippen LogP contribution in [-0.2, 0) is 4.79 Å². The summed E-state index contributed by atoms with van der Waals surface area (Å²) in [5.41, 5.74) is 5.67. The summed E-state index contributed by atoms with van der Waals surface area (Å²) in [6, 6.07) is 4.57. The Labute approximate surface area is 120 Å². The van der Waals surface area contributed by atoms with E-state index in [9.17, 15) is 4.79 Å². The van der Waals surface area contributed by atoms with Gasteiger partial charge < -0.3 is 16.0 Å². The average molecular weight is 283 g/mol. The van der Waals surface area contributed by atoms with Crippen LogP contribution in [0.3, 0.4) is 0 Å². The Morgan fingerprint density at radius 3 is 2.79 bits per heavy atom. The molecule has 4 nitrogen and oxygen atoms in total. The van der Waals surface area contributed by atoms with E-state index in [0.717, 1.165) is 12.8 Å². The number of rotatable bonds is 8. The molecular weight excluding hydrogens is 258 g/mol. The Hall–Kier alpha value is -0.910. The van der Waals surface area contributed by atoms with E-state index in [1.807, 2.05) is 27.1 Å². The molecule has 0 saturated carbocycles. The molecule has 0 bridgehead atoms. The minimum Gasteiger partial charge on any atom is -0.354 e. The van der Waals surface area contributed by atoms with Crippen LogP contribution in [0.1, 0.15) is 37.1 Å². The SMILES string of the molecule is CC(N)CCCC(=O)NCC(c1cccs1)N(C)C. The molecule has 2 unspecified atom stereocenters. The lowest BCUT2D eigenvalue weighted by Gasteiger charge is -2.23. The van der Waals surface area contributed by atoms with E-state index in [-0.39, 0.29) is 18.0 Å². The van der Waals surface area contributed by atoms with Crippen LogP contribution in [0.4, 0.5) is 0 Å². The van der Waals surface area contributed by atoms with Gasteiger partial charge in [0.05, 0.1) is 6.04 Å². The summed E-state index contributed by atoms with van der Waals surface area (Å²) in [6.45, 7) is 2.63. The summed E-state index contributed by atoms with van der Waals surface area (Å²) in [7, 11) is 4.07. The number of amides is 1. The number of carbonyl (C=O) groups is 1. The van der Waals surface area contributed by atoms with Gasteiger partial charge in [-0.2, -0.15) is 0 Å². The number of nitrogens with zero attached hydrogens (tertiary/aromatic N) is 1. The minimum absolute atomic E-state index is 0.115. The van der Waals surface area contributed by atoms with Gasteiger partial charge >= 0.3 is 0 Å². The summed E-state index contributed by atoms with van der Waals surface area (Å²) < 4.78 is 0. The molecule has 0 spiro atoms. The fourth-order valence-corrected chi connectivity index (χ4v) is 2.82. The first-order valence-electron chi connectivity index (χ1n) is 6.72. The van der Waals surface area contributed by atoms with Gasteiger partial charge in [-0.15, -0.1) is 11.3 Å². The number of nitrogens with two attached hydrogens (primary N) is 1. The second-order valence-electron chi connectivity index (χ2n) is 5.17. The zero-order valence-corrected chi connectivity index (χ0v) is 12.9. The molecule has 0 aliphatic rings. The molecule has 1 amide bonds. The number of thiophene rings is 1. The van der Waals surface area contributed by atoms with Gasteiger partial charge in [-0.25, -0.2) is 0 Å². The smallest absolute Gasteiger partial charge is 0.220 e. The Morgan fingerprint density at radius 1 is 1.53 bits per heavy atom. The van der Waals surface area contributed by atoms with Crippen molar-refractivity contribution in [2.75, 3.05) is 20.6 Å². The number of hydrogen-bond donors (Lipinski definition) is 2. The maximum atomic E-state index is 11.8. The Balaban J connectivity index is 2.34. The first-order valence-corrected chi connectivity index (χ1v) is 7.60. The highest BCUT2D eigenvalue weighted by Gasteiger charge is 2.15. The quantitative estimate of drug-likeness (QED) is 0.767. The van der Waals surface area contributed by atoms with Gasteiger partial charge in [0.1, 0.15) is 0 Å². The van der Waals surface area contributed by atoms with E-state index in [1.54, 1.807) is 11.3 Å². The highest BCUT2D eigenvalue weighted by atomic mass is 32.1. The monoisotopic (exact) mass is 283 g/mol. The zero-order chi connectivity index (χ0) is 14.3. The van der Waals surface area contributed by atoms with Crippen LogP contribution in [0.2, 0.25) is 0 Å². The van der Waals surface area contributed by atoms with Gasteiger partial charge in [-0.05, 0) is 45.3 Å². The third-order valence-electron chi connectivity index (χ3n) is 3.05. The lowest BCUT2D eigenvalue weighted by molar-refractivity contribution is -0.121. The van der Waals surface area contributed by atoms with Gasteiger partial charge in [-0.3, -0.25) is 4.79 Å². The third-order valence-corrected chi connectivity index (χ3v) is 4.02. The average Bonchev–Trinajstić information content (AvgIpc) is 2.82. The maximum absolute atomic E-state index is 11.8. The van der Waals surface area contributed by atoms with Crippen molar-refractivity contribution in [2.45, 2.75) is 38.3 Å². The van der Waals surface area contributed by atoms with Crippen LogP contribution in [-0.4, -0.2) is 37.5 Å². The fourth-order valence-electron chi connectivity index (χ4n) is 1.90. The van der Waals surface area contributed by atoms with E-state index >= 15 is 0 Å². The number of hydrogen-bond acceptors (Lipinski definition) is 4. The predicted octanol–water partition coefficient (Wildman–Crippen LogP) is 1.98. The van der Waals surface area contributed by atoms with Crippen molar-refractivity contribution in [3.8, 4) is 0 Å². The molecule has 3 N–H and O–H groups in total. The minimum atomic E-state index is 0.115. The van der Waals surface area contributed by atoms with Crippen molar-refractivity contribution in [3.05, 3.63) is 22.4 Å². The molecule has 1 heterocycles. The molecule has 1 aromatic rings. The van der Waals surface area contributed by atoms with E-state index in [4.69, 9.17) is 5.73 Å². The summed E-state index contributed by atoms with van der Waals surface area (Å²) in [4.78, 5) is 15.2.